The van der Waals surface area contributed by atoms with Crippen molar-refractivity contribution in [3.8, 4) is 0 Å². The lowest BCUT2D eigenvalue weighted by molar-refractivity contribution is -0.206. The number of amides is 1. The number of halogens is 4. The van der Waals surface area contributed by atoms with Crippen LogP contribution in [0.25, 0.3) is 0 Å². The lowest BCUT2D eigenvalue weighted by Crippen LogP contribution is -2.69. The van der Waals surface area contributed by atoms with Crippen molar-refractivity contribution >= 4 is 29.3 Å². The molecule has 0 aliphatic heterocycles. The predicted octanol–water partition coefficient (Wildman–Crippen LogP) is 2.10. The quantitative estimate of drug-likeness (QED) is 0.634. The highest BCUT2D eigenvalue weighted by atomic mass is 35.5. The lowest BCUT2D eigenvalue weighted by Gasteiger charge is -2.34. The van der Waals surface area contributed by atoms with E-state index in [2.05, 4.69) is 9.72 Å². The van der Waals surface area contributed by atoms with E-state index < -0.39 is 23.7 Å². The van der Waals surface area contributed by atoms with Crippen LogP contribution in [0.15, 0.2) is 18.3 Å². The number of ether oxygens (including phenoxy) is 1. The Balaban J connectivity index is 3.31. The van der Waals surface area contributed by atoms with E-state index in [0.29, 0.717) is 0 Å². The van der Waals surface area contributed by atoms with Crippen molar-refractivity contribution in [2.75, 3.05) is 12.4 Å². The molecule has 1 unspecified atom stereocenters. The zero-order valence-corrected chi connectivity index (χ0v) is 12.4. The van der Waals surface area contributed by atoms with Gasteiger partial charge in [0, 0.05) is 12.6 Å². The van der Waals surface area contributed by atoms with Gasteiger partial charge in [0.25, 0.3) is 0 Å². The largest absolute Gasteiger partial charge is 0.466 e. The summed E-state index contributed by atoms with van der Waals surface area (Å²) in [6, 6.07) is 2.40. The Morgan fingerprint density at radius 3 is 2.41 bits per heavy atom. The number of hydrogen-bond acceptors (Lipinski definition) is 5. The number of esters is 1. The number of nitrogens with one attached hydrogen (secondary N) is 2. The van der Waals surface area contributed by atoms with E-state index in [1.807, 2.05) is 5.32 Å². The molecule has 1 rings (SSSR count). The third kappa shape index (κ3) is 3.79. The van der Waals surface area contributed by atoms with Gasteiger partial charge in [-0.1, -0.05) is 18.5 Å². The molecule has 1 aromatic rings. The number of carbonyl (C=O) groups excluding carboxylic acids is 2. The Morgan fingerprint density at radius 1 is 1.36 bits per heavy atom. The van der Waals surface area contributed by atoms with Gasteiger partial charge in [-0.2, -0.15) is 13.2 Å². The molecule has 0 saturated heterocycles. The molecule has 0 aliphatic carbocycles. The predicted molar refractivity (Wildman–Crippen MR) is 72.1 cm³/mol. The number of pyridine rings is 1. The molecule has 22 heavy (non-hydrogen) atoms. The first-order valence-electron chi connectivity index (χ1n) is 6.02. The highest BCUT2D eigenvalue weighted by molar-refractivity contribution is 6.30. The molecule has 0 aliphatic rings. The molecule has 0 bridgehead atoms. The van der Waals surface area contributed by atoms with Crippen molar-refractivity contribution in [3.63, 3.8) is 0 Å². The average Bonchev–Trinajstić information content (AvgIpc) is 2.46. The third-order valence-corrected chi connectivity index (χ3v) is 2.83. The first kappa shape index (κ1) is 18.0. The molecule has 0 saturated carbocycles. The maximum absolute atomic E-state index is 13.4. The highest BCUT2D eigenvalue weighted by Crippen LogP contribution is 2.32. The van der Waals surface area contributed by atoms with E-state index in [1.165, 1.54) is 13.0 Å². The number of anilines is 1. The van der Waals surface area contributed by atoms with E-state index in [9.17, 15) is 22.8 Å². The van der Waals surface area contributed by atoms with Crippen molar-refractivity contribution in [2.45, 2.75) is 25.2 Å². The Bertz CT molecular complexity index is 551. The zero-order valence-electron chi connectivity index (χ0n) is 11.6. The summed E-state index contributed by atoms with van der Waals surface area (Å²) in [5.74, 6) is -3.04. The summed E-state index contributed by atoms with van der Waals surface area (Å²) in [7, 11) is 0.776. The monoisotopic (exact) mass is 339 g/mol. The van der Waals surface area contributed by atoms with Gasteiger partial charge in [0.2, 0.25) is 5.91 Å². The topological polar surface area (TPSA) is 80.3 Å². The van der Waals surface area contributed by atoms with Gasteiger partial charge >= 0.3 is 17.8 Å². The second-order valence-corrected chi connectivity index (χ2v) is 4.56. The molecule has 0 radical (unpaired) electrons. The van der Waals surface area contributed by atoms with Gasteiger partial charge in [-0.05, 0) is 12.1 Å². The molecule has 1 amide bonds. The number of hydrogen-bond donors (Lipinski definition) is 2. The molecule has 0 aromatic carbocycles. The molecular formula is C12H13ClF3N3O3. The maximum Gasteiger partial charge on any atom is 0.441 e. The van der Waals surface area contributed by atoms with Gasteiger partial charge in [-0.25, -0.2) is 9.78 Å². The molecule has 0 spiro atoms. The maximum atomic E-state index is 13.4. The van der Waals surface area contributed by atoms with Crippen LogP contribution in [0.3, 0.4) is 0 Å². The molecule has 6 nitrogen and oxygen atoms in total. The zero-order chi connectivity index (χ0) is 17.0. The Kier molecular flexibility index (Phi) is 5.59. The summed E-state index contributed by atoms with van der Waals surface area (Å²) in [5.41, 5.74) is -3.45. The van der Waals surface area contributed by atoms with E-state index in [1.54, 1.807) is 5.32 Å². The van der Waals surface area contributed by atoms with Crippen LogP contribution in [0.4, 0.5) is 19.0 Å². The molecule has 0 fully saturated rings. The van der Waals surface area contributed by atoms with Crippen LogP contribution in [-0.4, -0.2) is 35.8 Å². The first-order chi connectivity index (χ1) is 10.2. The molecule has 1 atom stereocenters. The number of alkyl halides is 3. The Labute approximate surface area is 129 Å². The standard InChI is InChI=1S/C12H13ClF3N3O3/c1-3-9(20)19-11(10(21)22-2,12(14,15)16)18-8-5-4-7(13)6-17-8/h4-6H,3H2,1-2H3,(H,17,18)(H,19,20). The summed E-state index contributed by atoms with van der Waals surface area (Å²) in [4.78, 5) is 26.8. The van der Waals surface area contributed by atoms with Gasteiger partial charge in [-0.15, -0.1) is 0 Å². The molecule has 1 heterocycles. The summed E-state index contributed by atoms with van der Waals surface area (Å²) < 4.78 is 44.5. The van der Waals surface area contributed by atoms with Crippen LogP contribution in [0.1, 0.15) is 13.3 Å². The van der Waals surface area contributed by atoms with Crippen molar-refractivity contribution in [1.82, 2.24) is 10.3 Å². The summed E-state index contributed by atoms with van der Waals surface area (Å²) >= 11 is 5.60. The second kappa shape index (κ2) is 6.82. The molecule has 10 heteroatoms. The molecular weight excluding hydrogens is 327 g/mol. The van der Waals surface area contributed by atoms with E-state index in [4.69, 9.17) is 11.6 Å². The smallest absolute Gasteiger partial charge is 0.441 e. The van der Waals surface area contributed by atoms with E-state index >= 15 is 0 Å². The van der Waals surface area contributed by atoms with Crippen molar-refractivity contribution in [1.29, 1.82) is 0 Å². The van der Waals surface area contributed by atoms with E-state index in [0.717, 1.165) is 19.4 Å². The molecule has 1 aromatic heterocycles. The normalized spacial score (nSPS) is 13.9. The van der Waals surface area contributed by atoms with Gasteiger partial charge in [-0.3, -0.25) is 4.79 Å². The number of aromatic nitrogens is 1. The van der Waals surface area contributed by atoms with Crippen LogP contribution < -0.4 is 10.6 Å². The number of methoxy groups -OCH3 is 1. The van der Waals surface area contributed by atoms with E-state index in [-0.39, 0.29) is 17.3 Å². The SMILES string of the molecule is CCC(=O)NC(Nc1ccc(Cl)cn1)(C(=O)OC)C(F)(F)F. The van der Waals surface area contributed by atoms with Crippen molar-refractivity contribution in [3.05, 3.63) is 23.4 Å². The lowest BCUT2D eigenvalue weighted by atomic mass is 10.1. The summed E-state index contributed by atoms with van der Waals surface area (Å²) in [6.45, 7) is 1.34. The summed E-state index contributed by atoms with van der Waals surface area (Å²) in [5, 5.41) is 3.68. The van der Waals surface area contributed by atoms with Crippen molar-refractivity contribution < 1.29 is 27.5 Å². The third-order valence-electron chi connectivity index (χ3n) is 2.61. The number of carbonyl (C=O) groups is 2. The van der Waals surface area contributed by atoms with Crippen molar-refractivity contribution in [2.24, 2.45) is 0 Å². The van der Waals surface area contributed by atoms with Crippen LogP contribution >= 0.6 is 11.6 Å². The average molecular weight is 340 g/mol. The van der Waals surface area contributed by atoms with Gasteiger partial charge < -0.3 is 15.4 Å². The van der Waals surface area contributed by atoms with Gasteiger partial charge in [0.05, 0.1) is 12.1 Å². The second-order valence-electron chi connectivity index (χ2n) is 4.13. The fraction of sp³-hybridized carbons (Fsp3) is 0.417. The Morgan fingerprint density at radius 2 is 2.00 bits per heavy atom. The fourth-order valence-corrected chi connectivity index (χ4v) is 1.60. The number of rotatable bonds is 5. The minimum absolute atomic E-state index is 0.193. The number of nitrogens with zero attached hydrogens (tertiary/aromatic N) is 1. The molecule has 2 N–H and O–H groups in total. The molecule has 122 valence electrons. The minimum atomic E-state index is -5.17. The highest BCUT2D eigenvalue weighted by Gasteiger charge is 2.63. The van der Waals surface area contributed by atoms with Gasteiger partial charge in [0.15, 0.2) is 0 Å². The van der Waals surface area contributed by atoms with Crippen LogP contribution in [-0.2, 0) is 14.3 Å². The Hall–Kier alpha value is -2.03. The summed E-state index contributed by atoms with van der Waals surface area (Å²) in [6.07, 6.45) is -4.35. The fourth-order valence-electron chi connectivity index (χ4n) is 1.48. The van der Waals surface area contributed by atoms with Gasteiger partial charge in [0.1, 0.15) is 5.82 Å². The minimum Gasteiger partial charge on any atom is -0.466 e. The van der Waals surface area contributed by atoms with Crippen LogP contribution in [0, 0.1) is 0 Å². The van der Waals surface area contributed by atoms with Crippen LogP contribution in [0.5, 0.6) is 0 Å². The first-order valence-corrected chi connectivity index (χ1v) is 6.40. The van der Waals surface area contributed by atoms with Crippen LogP contribution in [0.2, 0.25) is 5.02 Å².